The summed E-state index contributed by atoms with van der Waals surface area (Å²) in [4.78, 5) is 23.5. The first-order valence-corrected chi connectivity index (χ1v) is 10.4. The van der Waals surface area contributed by atoms with Crippen molar-refractivity contribution in [3.63, 3.8) is 0 Å². The van der Waals surface area contributed by atoms with Crippen LogP contribution >= 0.6 is 0 Å². The lowest BCUT2D eigenvalue weighted by Gasteiger charge is -2.18. The molecule has 168 valence electrons. The first-order valence-electron chi connectivity index (χ1n) is 10.4. The molecule has 0 atom stereocenters. The third kappa shape index (κ3) is 5.48. The highest BCUT2D eigenvalue weighted by Gasteiger charge is 2.15. The lowest BCUT2D eigenvalue weighted by molar-refractivity contribution is -0.135. The third-order valence-electron chi connectivity index (χ3n) is 5.08. The predicted molar refractivity (Wildman–Crippen MR) is 125 cm³/mol. The molecule has 0 unspecified atom stereocenters. The fourth-order valence-corrected chi connectivity index (χ4v) is 3.44. The van der Waals surface area contributed by atoms with E-state index in [0.29, 0.717) is 53.8 Å². The Kier molecular flexibility index (Phi) is 6.54. The van der Waals surface area contributed by atoms with E-state index < -0.39 is 5.97 Å². The van der Waals surface area contributed by atoms with E-state index in [9.17, 15) is 9.59 Å². The number of fused-ring (bicyclic) bond motifs is 1. The van der Waals surface area contributed by atoms with Crippen molar-refractivity contribution in [3.8, 4) is 11.5 Å². The average molecular weight is 445 g/mol. The Bertz CT molecular complexity index is 1190. The number of para-hydroxylation sites is 1. The summed E-state index contributed by atoms with van der Waals surface area (Å²) in [6.07, 6.45) is -0.337. The molecule has 1 aliphatic heterocycles. The number of amides is 1. The molecule has 4 N–H and O–H groups in total. The lowest BCUT2D eigenvalue weighted by atomic mass is 10.0. The number of carboxylic acids is 1. The molecule has 8 heteroatoms. The van der Waals surface area contributed by atoms with Crippen molar-refractivity contribution < 1.29 is 24.2 Å². The van der Waals surface area contributed by atoms with Gasteiger partial charge in [0.1, 0.15) is 13.2 Å². The zero-order chi connectivity index (χ0) is 23.2. The van der Waals surface area contributed by atoms with E-state index >= 15 is 0 Å². The monoisotopic (exact) mass is 445 g/mol. The number of ether oxygens (including phenoxy) is 2. The Morgan fingerprint density at radius 2 is 1.67 bits per heavy atom. The molecule has 0 saturated heterocycles. The molecule has 8 nitrogen and oxygen atoms in total. The highest BCUT2D eigenvalue weighted by atomic mass is 16.6. The van der Waals surface area contributed by atoms with Gasteiger partial charge in [-0.2, -0.15) is 0 Å². The fraction of sp³-hybridized carbons (Fsp3) is 0.160. The van der Waals surface area contributed by atoms with E-state index in [0.717, 1.165) is 5.56 Å². The average Bonchev–Trinajstić information content (AvgIpc) is 2.83. The standard InChI is InChI=1S/C25H23N3O5/c26-20(14-24(29)30)19-3-1-2-4-21(19)27-15-16-5-8-18(9-6-16)28-25(31)17-7-10-22-23(13-17)33-12-11-32-22/h1-10,13,26-27H,11-12,14-15H2,(H,28,31)(H,29,30). The maximum Gasteiger partial charge on any atom is 0.309 e. The van der Waals surface area contributed by atoms with Crippen LogP contribution in [0.1, 0.15) is 27.9 Å². The summed E-state index contributed by atoms with van der Waals surface area (Å²) in [7, 11) is 0. The van der Waals surface area contributed by atoms with E-state index in [2.05, 4.69) is 10.6 Å². The number of hydrogen-bond acceptors (Lipinski definition) is 6. The van der Waals surface area contributed by atoms with Gasteiger partial charge in [0.2, 0.25) is 0 Å². The molecule has 0 fully saturated rings. The van der Waals surface area contributed by atoms with Gasteiger partial charge in [0.15, 0.2) is 11.5 Å². The summed E-state index contributed by atoms with van der Waals surface area (Å²) in [6, 6.07) is 19.6. The van der Waals surface area contributed by atoms with Crippen molar-refractivity contribution >= 4 is 29.0 Å². The zero-order valence-corrected chi connectivity index (χ0v) is 17.8. The van der Waals surface area contributed by atoms with Crippen molar-refractivity contribution in [1.82, 2.24) is 0 Å². The normalized spacial score (nSPS) is 12.0. The number of rotatable bonds is 8. The molecule has 3 aromatic rings. The van der Waals surface area contributed by atoms with Crippen LogP contribution in [0, 0.1) is 5.41 Å². The van der Waals surface area contributed by atoms with Crippen LogP contribution in [0.3, 0.4) is 0 Å². The van der Waals surface area contributed by atoms with Gasteiger partial charge in [0, 0.05) is 29.0 Å². The fourth-order valence-electron chi connectivity index (χ4n) is 3.44. The van der Waals surface area contributed by atoms with E-state index in [1.807, 2.05) is 36.4 Å². The quantitative estimate of drug-likeness (QED) is 0.386. The van der Waals surface area contributed by atoms with E-state index in [1.54, 1.807) is 30.3 Å². The Hall–Kier alpha value is -4.33. The zero-order valence-electron chi connectivity index (χ0n) is 17.8. The highest BCUT2D eigenvalue weighted by Crippen LogP contribution is 2.31. The first-order chi connectivity index (χ1) is 16.0. The van der Waals surface area contributed by atoms with Gasteiger partial charge in [-0.05, 0) is 42.0 Å². The van der Waals surface area contributed by atoms with E-state index in [4.69, 9.17) is 20.0 Å². The van der Waals surface area contributed by atoms with E-state index in [-0.39, 0.29) is 18.0 Å². The Morgan fingerprint density at radius 1 is 0.939 bits per heavy atom. The number of benzene rings is 3. The summed E-state index contributed by atoms with van der Waals surface area (Å²) >= 11 is 0. The number of aliphatic carboxylic acids is 1. The third-order valence-corrected chi connectivity index (χ3v) is 5.08. The molecule has 0 bridgehead atoms. The van der Waals surface area contributed by atoms with Crippen LogP contribution in [0.4, 0.5) is 11.4 Å². The highest BCUT2D eigenvalue weighted by molar-refractivity contribution is 6.10. The van der Waals surface area contributed by atoms with E-state index in [1.165, 1.54) is 0 Å². The SMILES string of the molecule is N=C(CC(=O)O)c1ccccc1NCc1ccc(NC(=O)c2ccc3c(c2)OCCO3)cc1. The molecule has 0 saturated carbocycles. The molecule has 0 aromatic heterocycles. The summed E-state index contributed by atoms with van der Waals surface area (Å²) in [6.45, 7) is 1.43. The van der Waals surface area contributed by atoms with Crippen LogP contribution in [0.5, 0.6) is 11.5 Å². The molecule has 1 amide bonds. The number of hydrogen-bond donors (Lipinski definition) is 4. The molecule has 1 aliphatic rings. The number of carbonyl (C=O) groups is 2. The van der Waals surface area contributed by atoms with Gasteiger partial charge in [0.05, 0.1) is 12.1 Å². The van der Waals surface area contributed by atoms with Gasteiger partial charge >= 0.3 is 5.97 Å². The van der Waals surface area contributed by atoms with Crippen molar-refractivity contribution in [2.24, 2.45) is 0 Å². The minimum absolute atomic E-state index is 0.0443. The van der Waals surface area contributed by atoms with Gasteiger partial charge in [-0.15, -0.1) is 0 Å². The van der Waals surface area contributed by atoms with Crippen LogP contribution < -0.4 is 20.1 Å². The summed E-state index contributed by atoms with van der Waals surface area (Å²) in [5.41, 5.74) is 3.39. The molecule has 0 radical (unpaired) electrons. The van der Waals surface area contributed by atoms with Crippen LogP contribution in [0.15, 0.2) is 66.7 Å². The Morgan fingerprint density at radius 3 is 2.42 bits per heavy atom. The molecule has 4 rings (SSSR count). The summed E-state index contributed by atoms with van der Waals surface area (Å²) < 4.78 is 11.0. The van der Waals surface area contributed by atoms with Crippen molar-refractivity contribution in [2.45, 2.75) is 13.0 Å². The number of carbonyl (C=O) groups excluding carboxylic acids is 1. The van der Waals surface area contributed by atoms with Crippen LogP contribution in [-0.4, -0.2) is 35.9 Å². The minimum Gasteiger partial charge on any atom is -0.486 e. The maximum atomic E-state index is 12.6. The summed E-state index contributed by atoms with van der Waals surface area (Å²) in [5, 5.41) is 23.1. The number of anilines is 2. The van der Waals surface area contributed by atoms with Gasteiger partial charge in [-0.3, -0.25) is 9.59 Å². The molecule has 0 aliphatic carbocycles. The smallest absolute Gasteiger partial charge is 0.309 e. The number of nitrogens with one attached hydrogen (secondary N) is 3. The second kappa shape index (κ2) is 9.86. The number of carboxylic acid groups (broad SMARTS) is 1. The maximum absolute atomic E-state index is 12.6. The Labute approximate surface area is 190 Å². The molecule has 33 heavy (non-hydrogen) atoms. The molecule has 0 spiro atoms. The minimum atomic E-state index is -1.04. The summed E-state index contributed by atoms with van der Waals surface area (Å²) in [5.74, 6) is -0.0891. The van der Waals surface area contributed by atoms with Gasteiger partial charge in [-0.1, -0.05) is 30.3 Å². The topological polar surface area (TPSA) is 121 Å². The second-order valence-electron chi connectivity index (χ2n) is 7.46. The van der Waals surface area contributed by atoms with Gasteiger partial charge < -0.3 is 30.6 Å². The molecule has 3 aromatic carbocycles. The van der Waals surface area contributed by atoms with Crippen LogP contribution in [0.2, 0.25) is 0 Å². The largest absolute Gasteiger partial charge is 0.486 e. The van der Waals surface area contributed by atoms with Gasteiger partial charge in [-0.25, -0.2) is 0 Å². The molecular formula is C25H23N3O5. The second-order valence-corrected chi connectivity index (χ2v) is 7.46. The van der Waals surface area contributed by atoms with Crippen molar-refractivity contribution in [2.75, 3.05) is 23.8 Å². The first kappa shape index (κ1) is 21.9. The van der Waals surface area contributed by atoms with Crippen molar-refractivity contribution in [1.29, 1.82) is 5.41 Å². The van der Waals surface area contributed by atoms with Crippen LogP contribution in [0.25, 0.3) is 0 Å². The Balaban J connectivity index is 1.37. The lowest BCUT2D eigenvalue weighted by Crippen LogP contribution is -2.17. The molecule has 1 heterocycles. The van der Waals surface area contributed by atoms with Crippen molar-refractivity contribution in [3.05, 3.63) is 83.4 Å². The van der Waals surface area contributed by atoms with Gasteiger partial charge in [0.25, 0.3) is 5.91 Å². The molecular weight excluding hydrogens is 422 g/mol. The van der Waals surface area contributed by atoms with Crippen LogP contribution in [-0.2, 0) is 11.3 Å². The predicted octanol–water partition coefficient (Wildman–Crippen LogP) is 4.16.